The Labute approximate surface area is 141 Å². The molecule has 0 bridgehead atoms. The topological polar surface area (TPSA) is 74.9 Å². The van der Waals surface area contributed by atoms with Gasteiger partial charge in [0, 0.05) is 19.3 Å². The average Bonchev–Trinajstić information content (AvgIpc) is 2.91. The van der Waals surface area contributed by atoms with Crippen molar-refractivity contribution < 1.29 is 27.9 Å². The Kier molecular flexibility index (Phi) is 5.34. The summed E-state index contributed by atoms with van der Waals surface area (Å²) in [5.41, 5.74) is -0.237. The molecular formula is C16H18F3N3O3. The monoisotopic (exact) mass is 357 g/mol. The number of halogens is 3. The smallest absolute Gasteiger partial charge is 0.417 e. The Bertz CT molecular complexity index is 799. The molecule has 0 saturated heterocycles. The van der Waals surface area contributed by atoms with Gasteiger partial charge in [0.25, 0.3) is 5.91 Å². The van der Waals surface area contributed by atoms with E-state index in [4.69, 9.17) is 5.11 Å². The lowest BCUT2D eigenvalue weighted by Crippen LogP contribution is -2.34. The van der Waals surface area contributed by atoms with Crippen LogP contribution in [0.25, 0.3) is 5.65 Å². The number of aryl methyl sites for hydroxylation is 1. The van der Waals surface area contributed by atoms with Gasteiger partial charge in [-0.2, -0.15) is 13.2 Å². The first-order chi connectivity index (χ1) is 11.7. The number of alkyl halides is 3. The van der Waals surface area contributed by atoms with Crippen molar-refractivity contribution in [2.75, 3.05) is 13.1 Å². The van der Waals surface area contributed by atoms with Crippen LogP contribution in [0.5, 0.6) is 0 Å². The van der Waals surface area contributed by atoms with Crippen LogP contribution in [0.3, 0.4) is 0 Å². The number of fused-ring (bicyclic) bond motifs is 1. The molecule has 0 spiro atoms. The van der Waals surface area contributed by atoms with Crippen LogP contribution in [0.2, 0.25) is 0 Å². The normalized spacial score (nSPS) is 11.7. The van der Waals surface area contributed by atoms with Crippen LogP contribution in [-0.2, 0) is 17.4 Å². The van der Waals surface area contributed by atoms with E-state index in [9.17, 15) is 22.8 Å². The molecule has 0 radical (unpaired) electrons. The number of aromatic nitrogens is 2. The molecule has 0 aliphatic carbocycles. The zero-order chi connectivity index (χ0) is 18.8. The fourth-order valence-corrected chi connectivity index (χ4v) is 2.52. The fourth-order valence-electron chi connectivity index (χ4n) is 2.52. The molecule has 1 amide bonds. The highest BCUT2D eigenvalue weighted by atomic mass is 19.4. The van der Waals surface area contributed by atoms with Crippen LogP contribution in [0.4, 0.5) is 13.2 Å². The van der Waals surface area contributed by atoms with E-state index in [0.29, 0.717) is 12.1 Å². The van der Waals surface area contributed by atoms with Gasteiger partial charge in [0.05, 0.1) is 17.7 Å². The summed E-state index contributed by atoms with van der Waals surface area (Å²) in [5, 5.41) is 8.79. The highest BCUT2D eigenvalue weighted by Gasteiger charge is 2.32. The lowest BCUT2D eigenvalue weighted by Gasteiger charge is -2.20. The van der Waals surface area contributed by atoms with Crippen molar-refractivity contribution in [2.24, 2.45) is 0 Å². The minimum absolute atomic E-state index is 0.0278. The van der Waals surface area contributed by atoms with Crippen molar-refractivity contribution in [1.82, 2.24) is 14.3 Å². The number of pyridine rings is 1. The van der Waals surface area contributed by atoms with Crippen LogP contribution < -0.4 is 0 Å². The van der Waals surface area contributed by atoms with E-state index < -0.39 is 23.6 Å². The van der Waals surface area contributed by atoms with Gasteiger partial charge in [-0.3, -0.25) is 14.0 Å². The summed E-state index contributed by atoms with van der Waals surface area (Å²) in [6, 6.07) is 2.13. The Morgan fingerprint density at radius 3 is 2.48 bits per heavy atom. The molecule has 25 heavy (non-hydrogen) atoms. The van der Waals surface area contributed by atoms with Gasteiger partial charge < -0.3 is 10.0 Å². The van der Waals surface area contributed by atoms with Gasteiger partial charge in [-0.1, -0.05) is 6.92 Å². The molecule has 136 valence electrons. The average molecular weight is 357 g/mol. The molecule has 0 aliphatic heterocycles. The molecule has 2 rings (SSSR count). The van der Waals surface area contributed by atoms with E-state index in [1.165, 1.54) is 11.0 Å². The number of imidazole rings is 1. The number of nitrogens with zero attached hydrogens (tertiary/aromatic N) is 3. The Morgan fingerprint density at radius 1 is 1.28 bits per heavy atom. The number of amides is 1. The first-order valence-electron chi connectivity index (χ1n) is 7.78. The maximum atomic E-state index is 13.0. The van der Waals surface area contributed by atoms with Crippen LogP contribution >= 0.6 is 0 Å². The van der Waals surface area contributed by atoms with Crippen molar-refractivity contribution in [1.29, 1.82) is 0 Å². The molecule has 2 heterocycles. The first kappa shape index (κ1) is 18.8. The molecule has 0 fully saturated rings. The summed E-state index contributed by atoms with van der Waals surface area (Å²) in [6.45, 7) is 3.63. The first-order valence-corrected chi connectivity index (χ1v) is 7.78. The molecule has 0 saturated carbocycles. The summed E-state index contributed by atoms with van der Waals surface area (Å²) in [6.07, 6.45) is -3.58. The highest BCUT2D eigenvalue weighted by molar-refractivity contribution is 5.95. The largest absolute Gasteiger partial charge is 0.481 e. The third kappa shape index (κ3) is 3.92. The van der Waals surface area contributed by atoms with Crippen molar-refractivity contribution in [3.63, 3.8) is 0 Å². The number of carbonyl (C=O) groups excluding carboxylic acids is 1. The predicted molar refractivity (Wildman–Crippen MR) is 83.4 cm³/mol. The summed E-state index contributed by atoms with van der Waals surface area (Å²) < 4.78 is 40.1. The minimum atomic E-state index is -4.54. The number of aliphatic carboxylic acids is 1. The molecular weight excluding hydrogens is 339 g/mol. The second kappa shape index (κ2) is 7.12. The summed E-state index contributed by atoms with van der Waals surface area (Å²) in [7, 11) is 0. The van der Waals surface area contributed by atoms with Crippen LogP contribution in [-0.4, -0.2) is 44.4 Å². The Hall–Kier alpha value is -2.58. The predicted octanol–water partition coefficient (Wildman–Crippen LogP) is 2.85. The van der Waals surface area contributed by atoms with Crippen molar-refractivity contribution in [2.45, 2.75) is 32.9 Å². The van der Waals surface area contributed by atoms with Gasteiger partial charge in [0.2, 0.25) is 0 Å². The maximum absolute atomic E-state index is 13.0. The molecule has 0 unspecified atom stereocenters. The third-order valence-electron chi connectivity index (χ3n) is 3.82. The molecule has 2 aromatic heterocycles. The maximum Gasteiger partial charge on any atom is 0.417 e. The molecule has 0 atom stereocenters. The lowest BCUT2D eigenvalue weighted by atomic mass is 10.2. The SMILES string of the molecule is CCc1nc2ccc(C(F)(F)F)cn2c1C(=O)N(CC)CCC(=O)O. The van der Waals surface area contributed by atoms with E-state index in [-0.39, 0.29) is 30.9 Å². The summed E-state index contributed by atoms with van der Waals surface area (Å²) in [4.78, 5) is 29.0. The molecule has 9 heteroatoms. The van der Waals surface area contributed by atoms with Crippen LogP contribution in [0.1, 0.15) is 42.0 Å². The molecule has 1 N–H and O–H groups in total. The standard InChI is InChI=1S/C16H18F3N3O3/c1-3-11-14(15(25)21(4-2)8-7-13(23)24)22-9-10(16(17,18)19)5-6-12(22)20-11/h5-6,9H,3-4,7-8H2,1-2H3,(H,23,24). The van der Waals surface area contributed by atoms with Gasteiger partial charge in [0.15, 0.2) is 0 Å². The number of hydrogen-bond donors (Lipinski definition) is 1. The van der Waals surface area contributed by atoms with E-state index in [0.717, 1.165) is 16.7 Å². The van der Waals surface area contributed by atoms with Crippen LogP contribution in [0.15, 0.2) is 18.3 Å². The molecule has 0 aromatic carbocycles. The lowest BCUT2D eigenvalue weighted by molar-refractivity contribution is -0.138. The van der Waals surface area contributed by atoms with Gasteiger partial charge >= 0.3 is 12.1 Å². The van der Waals surface area contributed by atoms with Gasteiger partial charge in [-0.15, -0.1) is 0 Å². The molecule has 6 nitrogen and oxygen atoms in total. The second-order valence-electron chi connectivity index (χ2n) is 5.43. The highest BCUT2D eigenvalue weighted by Crippen LogP contribution is 2.30. The zero-order valence-corrected chi connectivity index (χ0v) is 13.8. The van der Waals surface area contributed by atoms with E-state index in [1.54, 1.807) is 13.8 Å². The van der Waals surface area contributed by atoms with E-state index in [2.05, 4.69) is 4.98 Å². The summed E-state index contributed by atoms with van der Waals surface area (Å²) in [5.74, 6) is -1.59. The number of rotatable bonds is 6. The van der Waals surface area contributed by atoms with Gasteiger partial charge in [-0.25, -0.2) is 4.98 Å². The summed E-state index contributed by atoms with van der Waals surface area (Å²) >= 11 is 0. The molecule has 0 aliphatic rings. The Balaban J connectivity index is 2.53. The third-order valence-corrected chi connectivity index (χ3v) is 3.82. The number of carbonyl (C=O) groups is 2. The van der Waals surface area contributed by atoms with Gasteiger partial charge in [-0.05, 0) is 25.5 Å². The minimum Gasteiger partial charge on any atom is -0.481 e. The van der Waals surface area contributed by atoms with E-state index in [1.807, 2.05) is 0 Å². The number of hydrogen-bond acceptors (Lipinski definition) is 3. The van der Waals surface area contributed by atoms with Gasteiger partial charge in [0.1, 0.15) is 11.3 Å². The quantitative estimate of drug-likeness (QED) is 0.863. The molecule has 2 aromatic rings. The van der Waals surface area contributed by atoms with Crippen molar-refractivity contribution in [3.05, 3.63) is 35.3 Å². The zero-order valence-electron chi connectivity index (χ0n) is 13.8. The number of carboxylic acids is 1. The number of carboxylic acid groups (broad SMARTS) is 1. The Morgan fingerprint density at radius 2 is 1.96 bits per heavy atom. The van der Waals surface area contributed by atoms with Crippen molar-refractivity contribution >= 4 is 17.5 Å². The van der Waals surface area contributed by atoms with Crippen molar-refractivity contribution in [3.8, 4) is 0 Å². The van der Waals surface area contributed by atoms with Crippen LogP contribution in [0, 0.1) is 0 Å². The fraction of sp³-hybridized carbons (Fsp3) is 0.438. The second-order valence-corrected chi connectivity index (χ2v) is 5.43. The van der Waals surface area contributed by atoms with E-state index >= 15 is 0 Å².